The van der Waals surface area contributed by atoms with Gasteiger partial charge in [-0.25, -0.2) is 0 Å². The molecule has 0 aromatic heterocycles. The standard InChI is InChI=1S/C9H12O3/c1-11-9(10)7-3-2-6-4-12-5-8(6)7/h2-3,6-8H,4-5H2,1H3/t6-,7-,8-/m0/s1. The molecular formula is C9H12O3. The third-order valence-electron chi connectivity index (χ3n) is 2.67. The van der Waals surface area contributed by atoms with Crippen molar-refractivity contribution in [3.8, 4) is 0 Å². The van der Waals surface area contributed by atoms with Gasteiger partial charge in [-0.15, -0.1) is 0 Å². The van der Waals surface area contributed by atoms with Gasteiger partial charge in [0, 0.05) is 11.8 Å². The number of hydrogen-bond donors (Lipinski definition) is 0. The van der Waals surface area contributed by atoms with Crippen LogP contribution in [-0.2, 0) is 14.3 Å². The maximum absolute atomic E-state index is 11.2. The van der Waals surface area contributed by atoms with Crippen LogP contribution < -0.4 is 0 Å². The number of hydrogen-bond acceptors (Lipinski definition) is 3. The maximum Gasteiger partial charge on any atom is 0.312 e. The molecule has 0 saturated carbocycles. The van der Waals surface area contributed by atoms with Gasteiger partial charge in [-0.05, 0) is 0 Å². The summed E-state index contributed by atoms with van der Waals surface area (Å²) in [5, 5.41) is 0. The number of rotatable bonds is 1. The van der Waals surface area contributed by atoms with Gasteiger partial charge in [-0.3, -0.25) is 4.79 Å². The van der Waals surface area contributed by atoms with Crippen LogP contribution in [0.2, 0.25) is 0 Å². The minimum Gasteiger partial charge on any atom is -0.469 e. The van der Waals surface area contributed by atoms with Gasteiger partial charge in [-0.1, -0.05) is 12.2 Å². The van der Waals surface area contributed by atoms with Crippen LogP contribution in [0.4, 0.5) is 0 Å². The first kappa shape index (κ1) is 7.80. The first-order valence-electron chi connectivity index (χ1n) is 4.17. The van der Waals surface area contributed by atoms with E-state index in [0.29, 0.717) is 18.4 Å². The molecule has 1 aliphatic heterocycles. The Labute approximate surface area is 71.3 Å². The van der Waals surface area contributed by atoms with E-state index in [1.54, 1.807) is 0 Å². The lowest BCUT2D eigenvalue weighted by molar-refractivity contribution is -0.145. The van der Waals surface area contributed by atoms with Gasteiger partial charge >= 0.3 is 5.97 Å². The van der Waals surface area contributed by atoms with E-state index in [1.165, 1.54) is 7.11 Å². The predicted octanol–water partition coefficient (Wildman–Crippen LogP) is 0.608. The summed E-state index contributed by atoms with van der Waals surface area (Å²) in [6.07, 6.45) is 4.02. The molecule has 1 heterocycles. The Bertz CT molecular complexity index is 222. The molecule has 0 aromatic rings. The highest BCUT2D eigenvalue weighted by atomic mass is 16.5. The van der Waals surface area contributed by atoms with Crippen LogP contribution >= 0.6 is 0 Å². The topological polar surface area (TPSA) is 35.5 Å². The summed E-state index contributed by atoms with van der Waals surface area (Å²) in [6, 6.07) is 0. The minimum atomic E-state index is -0.135. The van der Waals surface area contributed by atoms with Crippen molar-refractivity contribution in [1.82, 2.24) is 0 Å². The molecular weight excluding hydrogens is 156 g/mol. The van der Waals surface area contributed by atoms with Gasteiger partial charge in [-0.2, -0.15) is 0 Å². The van der Waals surface area contributed by atoms with Crippen LogP contribution in [0, 0.1) is 17.8 Å². The summed E-state index contributed by atoms with van der Waals surface area (Å²) < 4.78 is 9.97. The van der Waals surface area contributed by atoms with Crippen LogP contribution in [0.25, 0.3) is 0 Å². The van der Waals surface area contributed by atoms with Gasteiger partial charge in [0.15, 0.2) is 0 Å². The normalized spacial score (nSPS) is 38.2. The molecule has 0 aromatic carbocycles. The van der Waals surface area contributed by atoms with Gasteiger partial charge in [0.1, 0.15) is 0 Å². The molecule has 0 bridgehead atoms. The Morgan fingerprint density at radius 2 is 2.33 bits per heavy atom. The van der Waals surface area contributed by atoms with E-state index in [9.17, 15) is 4.79 Å². The third kappa shape index (κ3) is 1.05. The average Bonchev–Trinajstić information content (AvgIpc) is 2.62. The van der Waals surface area contributed by atoms with E-state index in [-0.39, 0.29) is 11.9 Å². The SMILES string of the molecule is COC(=O)[C@H]1C=C[C@H]2COC[C@H]12. The number of methoxy groups -OCH3 is 1. The van der Waals surface area contributed by atoms with E-state index >= 15 is 0 Å². The molecule has 0 unspecified atom stereocenters. The molecule has 2 aliphatic rings. The average molecular weight is 168 g/mol. The van der Waals surface area contributed by atoms with Gasteiger partial charge in [0.25, 0.3) is 0 Å². The monoisotopic (exact) mass is 168 g/mol. The van der Waals surface area contributed by atoms with Crippen LogP contribution in [0.15, 0.2) is 12.2 Å². The van der Waals surface area contributed by atoms with Crippen molar-refractivity contribution < 1.29 is 14.3 Å². The molecule has 1 fully saturated rings. The van der Waals surface area contributed by atoms with E-state index in [1.807, 2.05) is 6.08 Å². The second-order valence-corrected chi connectivity index (χ2v) is 3.30. The van der Waals surface area contributed by atoms with Crippen LogP contribution in [0.3, 0.4) is 0 Å². The molecule has 12 heavy (non-hydrogen) atoms. The zero-order valence-corrected chi connectivity index (χ0v) is 7.03. The molecule has 0 amide bonds. The highest BCUT2D eigenvalue weighted by Crippen LogP contribution is 2.36. The lowest BCUT2D eigenvalue weighted by Crippen LogP contribution is -2.23. The molecule has 1 saturated heterocycles. The van der Waals surface area contributed by atoms with Crippen molar-refractivity contribution >= 4 is 5.97 Å². The summed E-state index contributed by atoms with van der Waals surface area (Å²) in [5.41, 5.74) is 0. The predicted molar refractivity (Wildman–Crippen MR) is 42.4 cm³/mol. The van der Waals surface area contributed by atoms with Gasteiger partial charge in [0.2, 0.25) is 0 Å². The largest absolute Gasteiger partial charge is 0.469 e. The fourth-order valence-electron chi connectivity index (χ4n) is 1.95. The van der Waals surface area contributed by atoms with E-state index in [2.05, 4.69) is 6.08 Å². The number of carbonyl (C=O) groups excluding carboxylic acids is 1. The Morgan fingerprint density at radius 1 is 1.50 bits per heavy atom. The van der Waals surface area contributed by atoms with E-state index in [0.717, 1.165) is 6.61 Å². The van der Waals surface area contributed by atoms with Gasteiger partial charge in [0.05, 0.1) is 26.2 Å². The first-order valence-corrected chi connectivity index (χ1v) is 4.17. The summed E-state index contributed by atoms with van der Waals surface area (Å²) >= 11 is 0. The minimum absolute atomic E-state index is 0.0671. The van der Waals surface area contributed by atoms with Crippen molar-refractivity contribution in [2.45, 2.75) is 0 Å². The quantitative estimate of drug-likeness (QED) is 0.425. The van der Waals surface area contributed by atoms with Crippen molar-refractivity contribution in [2.24, 2.45) is 17.8 Å². The molecule has 3 heteroatoms. The third-order valence-corrected chi connectivity index (χ3v) is 2.67. The summed E-state index contributed by atoms with van der Waals surface area (Å²) in [5.74, 6) is 0.568. The number of carbonyl (C=O) groups is 1. The summed E-state index contributed by atoms with van der Waals surface area (Å²) in [7, 11) is 1.43. The maximum atomic E-state index is 11.2. The molecule has 66 valence electrons. The molecule has 2 rings (SSSR count). The Balaban J connectivity index is 2.09. The zero-order chi connectivity index (χ0) is 8.55. The van der Waals surface area contributed by atoms with E-state index < -0.39 is 0 Å². The molecule has 3 nitrogen and oxygen atoms in total. The summed E-state index contributed by atoms with van der Waals surface area (Å²) in [6.45, 7) is 1.45. The smallest absolute Gasteiger partial charge is 0.312 e. The van der Waals surface area contributed by atoms with Crippen molar-refractivity contribution in [2.75, 3.05) is 20.3 Å². The van der Waals surface area contributed by atoms with Crippen molar-refractivity contribution in [3.63, 3.8) is 0 Å². The van der Waals surface area contributed by atoms with Crippen LogP contribution in [-0.4, -0.2) is 26.3 Å². The number of ether oxygens (including phenoxy) is 2. The summed E-state index contributed by atoms with van der Waals surface area (Å²) in [4.78, 5) is 11.2. The fourth-order valence-corrected chi connectivity index (χ4v) is 1.95. The van der Waals surface area contributed by atoms with Gasteiger partial charge < -0.3 is 9.47 Å². The fraction of sp³-hybridized carbons (Fsp3) is 0.667. The molecule has 1 aliphatic carbocycles. The zero-order valence-electron chi connectivity index (χ0n) is 7.03. The number of fused-ring (bicyclic) bond motifs is 1. The molecule has 0 radical (unpaired) electrons. The second-order valence-electron chi connectivity index (χ2n) is 3.30. The second kappa shape index (κ2) is 2.90. The lowest BCUT2D eigenvalue weighted by Gasteiger charge is -2.13. The number of esters is 1. The van der Waals surface area contributed by atoms with E-state index in [4.69, 9.17) is 9.47 Å². The van der Waals surface area contributed by atoms with Crippen molar-refractivity contribution in [3.05, 3.63) is 12.2 Å². The molecule has 0 spiro atoms. The molecule has 3 atom stereocenters. The Kier molecular flexibility index (Phi) is 1.89. The van der Waals surface area contributed by atoms with Crippen molar-refractivity contribution in [1.29, 1.82) is 0 Å². The Hall–Kier alpha value is -0.830. The Morgan fingerprint density at radius 3 is 3.08 bits per heavy atom. The lowest BCUT2D eigenvalue weighted by atomic mass is 9.91. The van der Waals surface area contributed by atoms with Crippen LogP contribution in [0.5, 0.6) is 0 Å². The van der Waals surface area contributed by atoms with Crippen LogP contribution in [0.1, 0.15) is 0 Å². The molecule has 0 N–H and O–H groups in total. The highest BCUT2D eigenvalue weighted by molar-refractivity contribution is 5.75. The highest BCUT2D eigenvalue weighted by Gasteiger charge is 2.40. The first-order chi connectivity index (χ1) is 5.83.